The quantitative estimate of drug-likeness (QED) is 0.574. The van der Waals surface area contributed by atoms with Crippen LogP contribution in [0.1, 0.15) is 48.3 Å². The van der Waals surface area contributed by atoms with E-state index in [9.17, 15) is 14.4 Å². The van der Waals surface area contributed by atoms with Crippen molar-refractivity contribution < 1.29 is 9.59 Å². The third-order valence-electron chi connectivity index (χ3n) is 4.58. The van der Waals surface area contributed by atoms with Gasteiger partial charge in [-0.05, 0) is 19.3 Å². The van der Waals surface area contributed by atoms with E-state index in [4.69, 9.17) is 0 Å². The van der Waals surface area contributed by atoms with Crippen LogP contribution in [0.3, 0.4) is 0 Å². The van der Waals surface area contributed by atoms with Crippen LogP contribution in [0.2, 0.25) is 0 Å². The Morgan fingerprint density at radius 2 is 1.92 bits per heavy atom. The van der Waals surface area contributed by atoms with E-state index in [1.807, 2.05) is 18.2 Å². The summed E-state index contributed by atoms with van der Waals surface area (Å²) < 4.78 is 3.24. The highest BCUT2D eigenvalue weighted by molar-refractivity contribution is 5.97. The van der Waals surface area contributed by atoms with Gasteiger partial charge in [0.15, 0.2) is 5.78 Å². The maximum atomic E-state index is 12.2. The second-order valence-corrected chi connectivity index (χ2v) is 6.52. The number of nitrogens with one attached hydrogen (secondary N) is 1. The lowest BCUT2D eigenvalue weighted by Gasteiger charge is -2.09. The third kappa shape index (κ3) is 4.47. The lowest BCUT2D eigenvalue weighted by Crippen LogP contribution is -2.29. The van der Waals surface area contributed by atoms with Crippen molar-refractivity contribution >= 4 is 11.7 Å². The van der Waals surface area contributed by atoms with Gasteiger partial charge >= 0.3 is 5.69 Å². The summed E-state index contributed by atoms with van der Waals surface area (Å²) in [6.45, 7) is 1.70. The van der Waals surface area contributed by atoms with E-state index in [0.29, 0.717) is 25.1 Å². The van der Waals surface area contributed by atoms with Gasteiger partial charge in [0.05, 0.1) is 0 Å². The van der Waals surface area contributed by atoms with E-state index in [1.165, 1.54) is 4.68 Å². The summed E-state index contributed by atoms with van der Waals surface area (Å²) in [5.74, 6) is 0.686. The number of rotatable bonds is 8. The zero-order valence-electron chi connectivity index (χ0n) is 14.8. The molecule has 0 saturated heterocycles. The van der Waals surface area contributed by atoms with Crippen molar-refractivity contribution in [2.24, 2.45) is 0 Å². The van der Waals surface area contributed by atoms with Crippen LogP contribution in [-0.2, 0) is 24.3 Å². The van der Waals surface area contributed by atoms with Crippen molar-refractivity contribution in [2.45, 2.75) is 51.6 Å². The molecule has 1 aromatic carbocycles. The molecule has 7 heteroatoms. The number of carbonyl (C=O) groups is 2. The molecule has 26 heavy (non-hydrogen) atoms. The number of ketones is 1. The van der Waals surface area contributed by atoms with Crippen LogP contribution >= 0.6 is 0 Å². The van der Waals surface area contributed by atoms with Gasteiger partial charge in [-0.25, -0.2) is 9.48 Å². The predicted octanol–water partition coefficient (Wildman–Crippen LogP) is 1.55. The number of hydrogen-bond acceptors (Lipinski definition) is 4. The van der Waals surface area contributed by atoms with Gasteiger partial charge in [-0.2, -0.15) is 5.10 Å². The van der Waals surface area contributed by atoms with E-state index < -0.39 is 0 Å². The fourth-order valence-corrected chi connectivity index (χ4v) is 3.13. The van der Waals surface area contributed by atoms with Crippen LogP contribution in [-0.4, -0.2) is 32.6 Å². The fourth-order valence-electron chi connectivity index (χ4n) is 3.13. The molecule has 0 bridgehead atoms. The van der Waals surface area contributed by atoms with Crippen molar-refractivity contribution in [3.8, 4) is 0 Å². The van der Waals surface area contributed by atoms with Crippen molar-refractivity contribution in [1.29, 1.82) is 0 Å². The van der Waals surface area contributed by atoms with Gasteiger partial charge in [0.25, 0.3) is 0 Å². The lowest BCUT2D eigenvalue weighted by molar-refractivity contribution is -0.121. The molecule has 138 valence electrons. The molecule has 2 heterocycles. The van der Waals surface area contributed by atoms with Gasteiger partial charge in [-0.3, -0.25) is 14.2 Å². The number of benzene rings is 1. The highest BCUT2D eigenvalue weighted by Crippen LogP contribution is 2.09. The summed E-state index contributed by atoms with van der Waals surface area (Å²) in [7, 11) is 0. The number of amides is 1. The maximum Gasteiger partial charge on any atom is 0.345 e. The van der Waals surface area contributed by atoms with Crippen LogP contribution in [0.15, 0.2) is 35.1 Å². The zero-order valence-corrected chi connectivity index (χ0v) is 14.8. The number of aryl methyl sites for hydroxylation is 2. The van der Waals surface area contributed by atoms with Crippen molar-refractivity contribution in [2.75, 3.05) is 6.54 Å². The summed E-state index contributed by atoms with van der Waals surface area (Å²) in [4.78, 5) is 36.0. The third-order valence-corrected chi connectivity index (χ3v) is 4.58. The molecule has 2 aromatic rings. The minimum Gasteiger partial charge on any atom is -0.356 e. The number of hydrogen-bond donors (Lipinski definition) is 1. The summed E-state index contributed by atoms with van der Waals surface area (Å²) in [6.07, 6.45) is 3.96. The van der Waals surface area contributed by atoms with Gasteiger partial charge in [-0.15, -0.1) is 0 Å². The molecule has 1 amide bonds. The average Bonchev–Trinajstić information content (AvgIpc) is 3.00. The Labute approximate surface area is 152 Å². The Balaban J connectivity index is 1.37. The van der Waals surface area contributed by atoms with Gasteiger partial charge in [-0.1, -0.05) is 30.3 Å². The molecule has 0 unspecified atom stereocenters. The van der Waals surface area contributed by atoms with Gasteiger partial charge in [0.1, 0.15) is 5.82 Å². The molecule has 1 aliphatic rings. The number of aromatic nitrogens is 3. The monoisotopic (exact) mass is 356 g/mol. The molecule has 0 radical (unpaired) electrons. The molecule has 7 nitrogen and oxygen atoms in total. The summed E-state index contributed by atoms with van der Waals surface area (Å²) in [5.41, 5.74) is 0.572. The minimum atomic E-state index is -0.147. The number of nitrogens with zero attached hydrogens (tertiary/aromatic N) is 3. The SMILES string of the molecule is O=C(CCC(=O)c1ccccc1)NCCCn1nc2n(c1=O)CCCC2. The van der Waals surface area contributed by atoms with Crippen LogP contribution < -0.4 is 11.0 Å². The topological polar surface area (TPSA) is 86.0 Å². The number of fused-ring (bicyclic) bond motifs is 1. The van der Waals surface area contributed by atoms with Crippen molar-refractivity contribution in [3.05, 3.63) is 52.2 Å². The average molecular weight is 356 g/mol. The first-order valence-corrected chi connectivity index (χ1v) is 9.16. The first-order chi connectivity index (χ1) is 12.6. The smallest absolute Gasteiger partial charge is 0.345 e. The highest BCUT2D eigenvalue weighted by atomic mass is 16.2. The van der Waals surface area contributed by atoms with E-state index >= 15 is 0 Å². The summed E-state index contributed by atoms with van der Waals surface area (Å²) in [5, 5.41) is 7.17. The van der Waals surface area contributed by atoms with Gasteiger partial charge < -0.3 is 5.32 Å². The Morgan fingerprint density at radius 3 is 2.69 bits per heavy atom. The first kappa shape index (κ1) is 18.1. The van der Waals surface area contributed by atoms with Gasteiger partial charge in [0, 0.05) is 44.5 Å². The number of carbonyl (C=O) groups excluding carboxylic acids is 2. The van der Waals surface area contributed by atoms with Crippen molar-refractivity contribution in [1.82, 2.24) is 19.7 Å². The predicted molar refractivity (Wildman–Crippen MR) is 97.1 cm³/mol. The standard InChI is InChI=1S/C19H24N4O3/c24-16(15-7-2-1-3-8-15)10-11-18(25)20-12-6-14-23-19(26)22-13-5-4-9-17(22)21-23/h1-3,7-8H,4-6,9-14H2,(H,20,25). The minimum absolute atomic E-state index is 0.0316. The molecule has 3 rings (SSSR count). The Hall–Kier alpha value is -2.70. The second-order valence-electron chi connectivity index (χ2n) is 6.52. The molecule has 0 aliphatic carbocycles. The van der Waals surface area contributed by atoms with Crippen molar-refractivity contribution in [3.63, 3.8) is 0 Å². The Kier molecular flexibility index (Phi) is 5.99. The fraction of sp³-hybridized carbons (Fsp3) is 0.474. The molecule has 0 spiro atoms. The maximum absolute atomic E-state index is 12.2. The van der Waals surface area contributed by atoms with E-state index in [0.717, 1.165) is 31.6 Å². The van der Waals surface area contributed by atoms with E-state index in [2.05, 4.69) is 10.4 Å². The largest absolute Gasteiger partial charge is 0.356 e. The normalized spacial score (nSPS) is 13.2. The Bertz CT molecular complexity index is 823. The summed E-state index contributed by atoms with van der Waals surface area (Å²) >= 11 is 0. The van der Waals surface area contributed by atoms with Crippen LogP contribution in [0.5, 0.6) is 0 Å². The van der Waals surface area contributed by atoms with Gasteiger partial charge in [0.2, 0.25) is 5.91 Å². The van der Waals surface area contributed by atoms with Crippen LogP contribution in [0.25, 0.3) is 0 Å². The first-order valence-electron chi connectivity index (χ1n) is 9.16. The second kappa shape index (κ2) is 8.60. The summed E-state index contributed by atoms with van der Waals surface area (Å²) in [6, 6.07) is 8.97. The van der Waals surface area contributed by atoms with Crippen LogP contribution in [0.4, 0.5) is 0 Å². The molecule has 1 N–H and O–H groups in total. The molecule has 1 aromatic heterocycles. The molecule has 0 fully saturated rings. The molecular weight excluding hydrogens is 332 g/mol. The molecule has 0 atom stereocenters. The molecular formula is C19H24N4O3. The number of Topliss-reactive ketones (excluding diaryl/α,β-unsaturated/α-hetero) is 1. The zero-order chi connectivity index (χ0) is 18.4. The lowest BCUT2D eigenvalue weighted by atomic mass is 10.1. The van der Waals surface area contributed by atoms with Crippen LogP contribution in [0, 0.1) is 0 Å². The molecule has 0 saturated carbocycles. The Morgan fingerprint density at radius 1 is 1.12 bits per heavy atom. The molecule has 1 aliphatic heterocycles. The van der Waals surface area contributed by atoms with E-state index in [1.54, 1.807) is 16.7 Å². The highest BCUT2D eigenvalue weighted by Gasteiger charge is 2.16. The van der Waals surface area contributed by atoms with E-state index in [-0.39, 0.29) is 30.2 Å².